The molecule has 1 fully saturated rings. The van der Waals surface area contributed by atoms with Crippen molar-refractivity contribution < 1.29 is 4.74 Å². The molecule has 1 rings (SSSR count). The third-order valence-corrected chi connectivity index (χ3v) is 3.63. The maximum atomic E-state index is 5.18. The molecule has 0 aromatic carbocycles. The van der Waals surface area contributed by atoms with Gasteiger partial charge in [-0.1, -0.05) is 13.8 Å². The lowest BCUT2D eigenvalue weighted by molar-refractivity contribution is 0.134. The van der Waals surface area contributed by atoms with Crippen molar-refractivity contribution in [2.24, 2.45) is 5.92 Å². The van der Waals surface area contributed by atoms with Crippen molar-refractivity contribution in [2.75, 3.05) is 33.4 Å². The number of hydrogen-bond acceptors (Lipinski definition) is 3. The van der Waals surface area contributed by atoms with Crippen LogP contribution >= 0.6 is 0 Å². The molecule has 1 N–H and O–H groups in total. The summed E-state index contributed by atoms with van der Waals surface area (Å²) in [4.78, 5) is 2.63. The van der Waals surface area contributed by atoms with Crippen molar-refractivity contribution in [3.8, 4) is 0 Å². The van der Waals surface area contributed by atoms with Crippen molar-refractivity contribution in [2.45, 2.75) is 52.1 Å². The van der Waals surface area contributed by atoms with Gasteiger partial charge in [0.25, 0.3) is 0 Å². The summed E-state index contributed by atoms with van der Waals surface area (Å²) < 4.78 is 5.18. The summed E-state index contributed by atoms with van der Waals surface area (Å²) in [6.07, 6.45) is 3.70. The van der Waals surface area contributed by atoms with Gasteiger partial charge in [0, 0.05) is 32.3 Å². The van der Waals surface area contributed by atoms with Gasteiger partial charge in [0.1, 0.15) is 0 Å². The third-order valence-electron chi connectivity index (χ3n) is 3.63. The van der Waals surface area contributed by atoms with Gasteiger partial charge in [-0.2, -0.15) is 0 Å². The molecule has 0 aromatic rings. The van der Waals surface area contributed by atoms with Crippen molar-refractivity contribution >= 4 is 0 Å². The van der Waals surface area contributed by atoms with Crippen LogP contribution in [0.2, 0.25) is 0 Å². The van der Waals surface area contributed by atoms with Gasteiger partial charge in [0.2, 0.25) is 0 Å². The molecule has 0 radical (unpaired) electrons. The smallest absolute Gasteiger partial charge is 0.0477 e. The normalized spacial score (nSPS) is 24.9. The molecule has 0 bridgehead atoms. The van der Waals surface area contributed by atoms with Crippen molar-refractivity contribution in [1.29, 1.82) is 0 Å². The number of nitrogens with zero attached hydrogens (tertiary/aromatic N) is 1. The zero-order chi connectivity index (χ0) is 12.7. The van der Waals surface area contributed by atoms with Crippen LogP contribution in [0.3, 0.4) is 0 Å². The molecule has 0 saturated carbocycles. The minimum atomic E-state index is 0.643. The Morgan fingerprint density at radius 2 is 2.12 bits per heavy atom. The van der Waals surface area contributed by atoms with E-state index in [0.717, 1.165) is 18.9 Å². The first-order valence-corrected chi connectivity index (χ1v) is 7.09. The van der Waals surface area contributed by atoms with E-state index in [0.29, 0.717) is 12.1 Å². The lowest BCUT2D eigenvalue weighted by Crippen LogP contribution is -2.42. The highest BCUT2D eigenvalue weighted by atomic mass is 16.5. The molecule has 0 aliphatic carbocycles. The van der Waals surface area contributed by atoms with Crippen LogP contribution in [-0.4, -0.2) is 50.3 Å². The van der Waals surface area contributed by atoms with E-state index >= 15 is 0 Å². The summed E-state index contributed by atoms with van der Waals surface area (Å²) in [6.45, 7) is 11.4. The molecular formula is C14H30N2O. The van der Waals surface area contributed by atoms with Crippen molar-refractivity contribution in [3.05, 3.63) is 0 Å². The lowest BCUT2D eigenvalue weighted by atomic mass is 10.0. The molecule has 17 heavy (non-hydrogen) atoms. The Morgan fingerprint density at radius 3 is 2.76 bits per heavy atom. The minimum Gasteiger partial charge on any atom is -0.385 e. The molecule has 0 aromatic heterocycles. The Hall–Kier alpha value is -0.120. The second kappa shape index (κ2) is 8.06. The van der Waals surface area contributed by atoms with E-state index < -0.39 is 0 Å². The first-order valence-electron chi connectivity index (χ1n) is 7.09. The number of nitrogens with one attached hydrogen (secondary N) is 1. The van der Waals surface area contributed by atoms with E-state index in [1.165, 1.54) is 32.5 Å². The number of methoxy groups -OCH3 is 1. The van der Waals surface area contributed by atoms with Crippen LogP contribution in [0, 0.1) is 5.92 Å². The third kappa shape index (κ3) is 5.84. The van der Waals surface area contributed by atoms with E-state index in [4.69, 9.17) is 4.74 Å². The zero-order valence-electron chi connectivity index (χ0n) is 12.0. The highest BCUT2D eigenvalue weighted by Crippen LogP contribution is 2.13. The molecule has 3 nitrogen and oxygen atoms in total. The summed E-state index contributed by atoms with van der Waals surface area (Å²) in [5, 5.41) is 3.68. The SMILES string of the molecule is COCCC(C)N1CCCNC(CC(C)C)C1. The standard InChI is InChI=1S/C14H30N2O/c1-12(2)10-14-11-16(8-5-7-15-14)13(3)6-9-17-4/h12-15H,5-11H2,1-4H3. The summed E-state index contributed by atoms with van der Waals surface area (Å²) in [5.41, 5.74) is 0. The number of ether oxygens (including phenoxy) is 1. The van der Waals surface area contributed by atoms with Crippen LogP contribution in [0.15, 0.2) is 0 Å². The molecule has 1 aliphatic rings. The summed E-state index contributed by atoms with van der Waals surface area (Å²) >= 11 is 0. The molecule has 3 heteroatoms. The van der Waals surface area contributed by atoms with Crippen LogP contribution in [0.4, 0.5) is 0 Å². The van der Waals surface area contributed by atoms with E-state index in [2.05, 4.69) is 31.0 Å². The molecule has 1 aliphatic heterocycles. The topological polar surface area (TPSA) is 24.5 Å². The Kier molecular flexibility index (Phi) is 7.09. The van der Waals surface area contributed by atoms with E-state index in [1.807, 2.05) is 0 Å². The second-order valence-corrected chi connectivity index (χ2v) is 5.76. The first-order chi connectivity index (χ1) is 8.13. The highest BCUT2D eigenvalue weighted by Gasteiger charge is 2.21. The van der Waals surface area contributed by atoms with Gasteiger partial charge in [0.15, 0.2) is 0 Å². The Morgan fingerprint density at radius 1 is 1.35 bits per heavy atom. The van der Waals surface area contributed by atoms with Gasteiger partial charge in [-0.15, -0.1) is 0 Å². The lowest BCUT2D eigenvalue weighted by Gasteiger charge is -2.30. The van der Waals surface area contributed by atoms with Gasteiger partial charge >= 0.3 is 0 Å². The molecule has 2 unspecified atom stereocenters. The van der Waals surface area contributed by atoms with Crippen LogP contribution in [0.25, 0.3) is 0 Å². The summed E-state index contributed by atoms with van der Waals surface area (Å²) in [7, 11) is 1.79. The second-order valence-electron chi connectivity index (χ2n) is 5.76. The predicted octanol–water partition coefficient (Wildman–Crippen LogP) is 2.12. The van der Waals surface area contributed by atoms with Crippen LogP contribution in [-0.2, 0) is 4.74 Å². The molecule has 2 atom stereocenters. The quantitative estimate of drug-likeness (QED) is 0.772. The monoisotopic (exact) mass is 242 g/mol. The van der Waals surface area contributed by atoms with Crippen LogP contribution < -0.4 is 5.32 Å². The maximum absolute atomic E-state index is 5.18. The van der Waals surface area contributed by atoms with Crippen molar-refractivity contribution in [3.63, 3.8) is 0 Å². The van der Waals surface area contributed by atoms with Gasteiger partial charge < -0.3 is 10.1 Å². The van der Waals surface area contributed by atoms with Gasteiger partial charge in [-0.05, 0) is 45.2 Å². The van der Waals surface area contributed by atoms with Crippen LogP contribution in [0.5, 0.6) is 0 Å². The Bertz CT molecular complexity index is 197. The fourth-order valence-corrected chi connectivity index (χ4v) is 2.63. The van der Waals surface area contributed by atoms with E-state index in [1.54, 1.807) is 7.11 Å². The Balaban J connectivity index is 2.41. The molecular weight excluding hydrogens is 212 g/mol. The van der Waals surface area contributed by atoms with E-state index in [-0.39, 0.29) is 0 Å². The minimum absolute atomic E-state index is 0.643. The fraction of sp³-hybridized carbons (Fsp3) is 1.00. The average molecular weight is 242 g/mol. The van der Waals surface area contributed by atoms with Gasteiger partial charge in [0.05, 0.1) is 0 Å². The highest BCUT2D eigenvalue weighted by molar-refractivity contribution is 4.80. The number of hydrogen-bond donors (Lipinski definition) is 1. The Labute approximate surface area is 107 Å². The zero-order valence-corrected chi connectivity index (χ0v) is 12.0. The van der Waals surface area contributed by atoms with Gasteiger partial charge in [-0.3, -0.25) is 4.90 Å². The fourth-order valence-electron chi connectivity index (χ4n) is 2.63. The largest absolute Gasteiger partial charge is 0.385 e. The van der Waals surface area contributed by atoms with Crippen molar-refractivity contribution in [1.82, 2.24) is 10.2 Å². The molecule has 0 amide bonds. The van der Waals surface area contributed by atoms with E-state index in [9.17, 15) is 0 Å². The molecule has 0 spiro atoms. The molecule has 1 saturated heterocycles. The van der Waals surface area contributed by atoms with Gasteiger partial charge in [-0.25, -0.2) is 0 Å². The first kappa shape index (κ1) is 14.9. The van der Waals surface area contributed by atoms with Crippen LogP contribution in [0.1, 0.15) is 40.0 Å². The summed E-state index contributed by atoms with van der Waals surface area (Å²) in [6, 6.07) is 1.31. The summed E-state index contributed by atoms with van der Waals surface area (Å²) in [5.74, 6) is 0.779. The predicted molar refractivity (Wildman–Crippen MR) is 73.4 cm³/mol. The molecule has 1 heterocycles. The average Bonchev–Trinajstić information content (AvgIpc) is 2.50. The molecule has 102 valence electrons. The number of rotatable bonds is 6. The maximum Gasteiger partial charge on any atom is 0.0477 e.